The van der Waals surface area contributed by atoms with Gasteiger partial charge in [0.25, 0.3) is 0 Å². The minimum atomic E-state index is -0.363. The highest BCUT2D eigenvalue weighted by atomic mass is 79.9. The zero-order chi connectivity index (χ0) is 8.27. The molecule has 0 radical (unpaired) electrons. The van der Waals surface area contributed by atoms with Crippen LogP contribution in [0.4, 0.5) is 0 Å². The van der Waals surface area contributed by atoms with Crippen molar-refractivity contribution in [1.82, 2.24) is 0 Å². The van der Waals surface area contributed by atoms with E-state index in [4.69, 9.17) is 4.74 Å². The van der Waals surface area contributed by atoms with Crippen LogP contribution in [-0.4, -0.2) is 24.2 Å². The van der Waals surface area contributed by atoms with Gasteiger partial charge in [-0.05, 0) is 19.3 Å². The summed E-state index contributed by atoms with van der Waals surface area (Å²) in [5.41, 5.74) is 0. The fourth-order valence-electron chi connectivity index (χ4n) is 1.08. The van der Waals surface area contributed by atoms with E-state index in [0.717, 1.165) is 19.3 Å². The van der Waals surface area contributed by atoms with Gasteiger partial charge in [-0.25, -0.2) is 4.79 Å². The van der Waals surface area contributed by atoms with E-state index in [1.165, 1.54) is 7.11 Å². The Hall–Kier alpha value is -0.0900. The van der Waals surface area contributed by atoms with Crippen molar-refractivity contribution in [3.63, 3.8) is 0 Å². The van der Waals surface area contributed by atoms with E-state index in [0.29, 0.717) is 0 Å². The number of carbonyl (C=O) groups is 1. The molecule has 0 bridgehead atoms. The molecular formula is C7H11BrO3. The molecule has 11 heavy (non-hydrogen) atoms. The molecule has 1 fully saturated rings. The van der Waals surface area contributed by atoms with Crippen LogP contribution in [0.5, 0.6) is 0 Å². The van der Waals surface area contributed by atoms with Crippen LogP contribution in [0.2, 0.25) is 0 Å². The van der Waals surface area contributed by atoms with Gasteiger partial charge >= 0.3 is 5.97 Å². The van der Waals surface area contributed by atoms with Gasteiger partial charge in [0, 0.05) is 0 Å². The molecule has 1 aliphatic rings. The molecule has 2 atom stereocenters. The SMILES string of the molecule is COC(=O)[C@@H]1CCC[C@@H](Br)O1. The molecule has 0 aromatic heterocycles. The maximum Gasteiger partial charge on any atom is 0.335 e. The molecule has 0 amide bonds. The van der Waals surface area contributed by atoms with Gasteiger partial charge in [-0.15, -0.1) is 0 Å². The Bertz CT molecular complexity index is 149. The molecule has 0 aromatic carbocycles. The van der Waals surface area contributed by atoms with E-state index >= 15 is 0 Å². The van der Waals surface area contributed by atoms with Gasteiger partial charge in [0.15, 0.2) is 6.10 Å². The number of esters is 1. The van der Waals surface area contributed by atoms with Crippen molar-refractivity contribution in [3.8, 4) is 0 Å². The third-order valence-corrected chi connectivity index (χ3v) is 2.35. The van der Waals surface area contributed by atoms with E-state index in [2.05, 4.69) is 20.7 Å². The lowest BCUT2D eigenvalue weighted by atomic mass is 10.1. The zero-order valence-corrected chi connectivity index (χ0v) is 7.96. The molecule has 64 valence electrons. The predicted octanol–water partition coefficient (Wildman–Crippen LogP) is 1.45. The first-order valence-electron chi connectivity index (χ1n) is 3.61. The Morgan fingerprint density at radius 1 is 1.64 bits per heavy atom. The number of methoxy groups -OCH3 is 1. The summed E-state index contributed by atoms with van der Waals surface area (Å²) in [6.45, 7) is 0. The lowest BCUT2D eigenvalue weighted by molar-refractivity contribution is -0.158. The highest BCUT2D eigenvalue weighted by molar-refractivity contribution is 9.09. The summed E-state index contributed by atoms with van der Waals surface area (Å²) in [4.78, 5) is 10.9. The molecule has 1 rings (SSSR count). The van der Waals surface area contributed by atoms with Crippen molar-refractivity contribution >= 4 is 21.9 Å². The Morgan fingerprint density at radius 2 is 2.36 bits per heavy atom. The summed E-state index contributed by atoms with van der Waals surface area (Å²) in [6, 6.07) is 0. The van der Waals surface area contributed by atoms with Gasteiger partial charge < -0.3 is 9.47 Å². The fourth-order valence-corrected chi connectivity index (χ4v) is 1.67. The molecule has 0 aromatic rings. The van der Waals surface area contributed by atoms with Gasteiger partial charge in [-0.3, -0.25) is 0 Å². The summed E-state index contributed by atoms with van der Waals surface area (Å²) in [5, 5.41) is 0.0142. The molecule has 0 unspecified atom stereocenters. The molecule has 3 nitrogen and oxygen atoms in total. The van der Waals surface area contributed by atoms with Gasteiger partial charge in [0.1, 0.15) is 5.01 Å². The first-order valence-corrected chi connectivity index (χ1v) is 4.53. The number of hydrogen-bond donors (Lipinski definition) is 0. The smallest absolute Gasteiger partial charge is 0.335 e. The Kier molecular flexibility index (Phi) is 3.33. The summed E-state index contributed by atoms with van der Waals surface area (Å²) < 4.78 is 9.83. The number of carbonyl (C=O) groups excluding carboxylic acids is 1. The van der Waals surface area contributed by atoms with E-state index in [9.17, 15) is 4.79 Å². The largest absolute Gasteiger partial charge is 0.467 e. The van der Waals surface area contributed by atoms with Crippen LogP contribution in [-0.2, 0) is 14.3 Å². The third kappa shape index (κ3) is 2.45. The summed E-state index contributed by atoms with van der Waals surface area (Å²) in [5.74, 6) is -0.269. The second-order valence-electron chi connectivity index (χ2n) is 2.49. The normalized spacial score (nSPS) is 31.5. The summed E-state index contributed by atoms with van der Waals surface area (Å²) >= 11 is 3.30. The maximum absolute atomic E-state index is 10.9. The average molecular weight is 223 g/mol. The quantitative estimate of drug-likeness (QED) is 0.498. The highest BCUT2D eigenvalue weighted by Gasteiger charge is 2.26. The third-order valence-electron chi connectivity index (χ3n) is 1.67. The molecular weight excluding hydrogens is 212 g/mol. The molecule has 4 heteroatoms. The zero-order valence-electron chi connectivity index (χ0n) is 6.38. The van der Waals surface area contributed by atoms with E-state index in [1.54, 1.807) is 0 Å². The minimum Gasteiger partial charge on any atom is -0.467 e. The lowest BCUT2D eigenvalue weighted by Gasteiger charge is -2.24. The van der Waals surface area contributed by atoms with Crippen LogP contribution in [0, 0.1) is 0 Å². The van der Waals surface area contributed by atoms with E-state index < -0.39 is 0 Å². The number of rotatable bonds is 1. The van der Waals surface area contributed by atoms with Crippen molar-refractivity contribution in [3.05, 3.63) is 0 Å². The van der Waals surface area contributed by atoms with Crippen molar-refractivity contribution in [2.24, 2.45) is 0 Å². The van der Waals surface area contributed by atoms with E-state index in [-0.39, 0.29) is 17.1 Å². The van der Waals surface area contributed by atoms with Gasteiger partial charge in [0.2, 0.25) is 0 Å². The lowest BCUT2D eigenvalue weighted by Crippen LogP contribution is -2.31. The van der Waals surface area contributed by atoms with Crippen LogP contribution < -0.4 is 0 Å². The van der Waals surface area contributed by atoms with Crippen molar-refractivity contribution in [1.29, 1.82) is 0 Å². The second-order valence-corrected chi connectivity index (χ2v) is 3.51. The van der Waals surface area contributed by atoms with Crippen molar-refractivity contribution in [2.45, 2.75) is 30.4 Å². The Morgan fingerprint density at radius 3 is 2.91 bits per heavy atom. The van der Waals surface area contributed by atoms with Crippen LogP contribution in [0.3, 0.4) is 0 Å². The van der Waals surface area contributed by atoms with E-state index in [1.807, 2.05) is 0 Å². The van der Waals surface area contributed by atoms with Crippen molar-refractivity contribution < 1.29 is 14.3 Å². The monoisotopic (exact) mass is 222 g/mol. The summed E-state index contributed by atoms with van der Waals surface area (Å²) in [6.07, 6.45) is 2.39. The molecule has 0 N–H and O–H groups in total. The van der Waals surface area contributed by atoms with Crippen LogP contribution in [0.15, 0.2) is 0 Å². The van der Waals surface area contributed by atoms with Crippen molar-refractivity contribution in [2.75, 3.05) is 7.11 Å². The van der Waals surface area contributed by atoms with Crippen LogP contribution >= 0.6 is 15.9 Å². The minimum absolute atomic E-state index is 0.0142. The molecule has 1 aliphatic heterocycles. The number of hydrogen-bond acceptors (Lipinski definition) is 3. The van der Waals surface area contributed by atoms with Crippen LogP contribution in [0.25, 0.3) is 0 Å². The molecule has 0 aliphatic carbocycles. The number of ether oxygens (including phenoxy) is 2. The predicted molar refractivity (Wildman–Crippen MR) is 43.5 cm³/mol. The fraction of sp³-hybridized carbons (Fsp3) is 0.857. The van der Waals surface area contributed by atoms with Gasteiger partial charge in [0.05, 0.1) is 7.11 Å². The first kappa shape index (κ1) is 9.00. The molecule has 0 spiro atoms. The second kappa shape index (κ2) is 4.07. The molecule has 1 saturated heterocycles. The number of halogens is 1. The average Bonchev–Trinajstić information content (AvgIpc) is 2.03. The standard InChI is InChI=1S/C7H11BrO3/c1-10-7(9)5-3-2-4-6(8)11-5/h5-6H,2-4H2,1H3/t5-,6-/m0/s1. The topological polar surface area (TPSA) is 35.5 Å². The number of alkyl halides is 1. The Balaban J connectivity index is 2.39. The van der Waals surface area contributed by atoms with Gasteiger partial charge in [-0.1, -0.05) is 15.9 Å². The van der Waals surface area contributed by atoms with Gasteiger partial charge in [-0.2, -0.15) is 0 Å². The van der Waals surface area contributed by atoms with Crippen LogP contribution in [0.1, 0.15) is 19.3 Å². The highest BCUT2D eigenvalue weighted by Crippen LogP contribution is 2.23. The molecule has 1 heterocycles. The first-order chi connectivity index (χ1) is 5.24. The summed E-state index contributed by atoms with van der Waals surface area (Å²) in [7, 11) is 1.38. The Labute approximate surface area is 74.2 Å². The molecule has 0 saturated carbocycles. The maximum atomic E-state index is 10.9.